The van der Waals surface area contributed by atoms with Gasteiger partial charge in [0.25, 0.3) is 0 Å². The van der Waals surface area contributed by atoms with E-state index in [0.29, 0.717) is 19.3 Å². The van der Waals surface area contributed by atoms with E-state index in [1.54, 1.807) is 0 Å². The van der Waals surface area contributed by atoms with Gasteiger partial charge in [-0.05, 0) is 25.2 Å². The van der Waals surface area contributed by atoms with Crippen LogP contribution < -0.4 is 0 Å². The Hall–Kier alpha value is -1.59. The predicted molar refractivity (Wildman–Crippen MR) is 266 cm³/mol. The van der Waals surface area contributed by atoms with Gasteiger partial charge in [-0.25, -0.2) is 0 Å². The van der Waals surface area contributed by atoms with Crippen LogP contribution in [-0.4, -0.2) is 37.2 Å². The number of esters is 3. The Morgan fingerprint density at radius 3 is 0.839 bits per heavy atom. The molecule has 2 atom stereocenters. The van der Waals surface area contributed by atoms with E-state index in [9.17, 15) is 14.4 Å². The third-order valence-electron chi connectivity index (χ3n) is 13.2. The minimum Gasteiger partial charge on any atom is -0.462 e. The summed E-state index contributed by atoms with van der Waals surface area (Å²) in [4.78, 5) is 38.0. The van der Waals surface area contributed by atoms with Crippen LogP contribution in [0.3, 0.4) is 0 Å². The van der Waals surface area contributed by atoms with Crippen LogP contribution in [0.25, 0.3) is 0 Å². The van der Waals surface area contributed by atoms with E-state index in [0.717, 1.165) is 63.7 Å². The smallest absolute Gasteiger partial charge is 0.306 e. The van der Waals surface area contributed by atoms with Gasteiger partial charge < -0.3 is 14.2 Å². The van der Waals surface area contributed by atoms with Crippen molar-refractivity contribution in [2.45, 2.75) is 323 Å². The molecule has 0 heterocycles. The van der Waals surface area contributed by atoms with Crippen molar-refractivity contribution in [2.24, 2.45) is 5.92 Å². The minimum atomic E-state index is -0.761. The maximum atomic E-state index is 12.8. The fourth-order valence-electron chi connectivity index (χ4n) is 8.54. The summed E-state index contributed by atoms with van der Waals surface area (Å²) in [5.41, 5.74) is 0. The number of hydrogen-bond acceptors (Lipinski definition) is 6. The number of carbonyl (C=O) groups is 3. The van der Waals surface area contributed by atoms with Gasteiger partial charge in [0.2, 0.25) is 0 Å². The van der Waals surface area contributed by atoms with Crippen molar-refractivity contribution in [2.75, 3.05) is 13.2 Å². The van der Waals surface area contributed by atoms with E-state index in [-0.39, 0.29) is 31.1 Å². The molecule has 0 aromatic rings. The molecule has 0 fully saturated rings. The number of rotatable bonds is 51. The lowest BCUT2D eigenvalue weighted by molar-refractivity contribution is -0.167. The average molecular weight is 877 g/mol. The van der Waals surface area contributed by atoms with Crippen LogP contribution in [-0.2, 0) is 28.6 Å². The molecule has 62 heavy (non-hydrogen) atoms. The molecule has 0 spiro atoms. The van der Waals surface area contributed by atoms with E-state index >= 15 is 0 Å². The first-order valence-corrected chi connectivity index (χ1v) is 27.9. The SMILES string of the molecule is CCCCCCCCCCCCCCCCCCCCC(=O)OC[C@H](COC(=O)CCCCCCCCCCC(C)CC)OC(=O)CCCCCCCCCCCCCCCC. The van der Waals surface area contributed by atoms with Crippen molar-refractivity contribution < 1.29 is 28.6 Å². The van der Waals surface area contributed by atoms with E-state index in [1.807, 2.05) is 0 Å². The predicted octanol–water partition coefficient (Wildman–Crippen LogP) is 18.2. The zero-order valence-electron chi connectivity index (χ0n) is 42.3. The van der Waals surface area contributed by atoms with Gasteiger partial charge >= 0.3 is 17.9 Å². The lowest BCUT2D eigenvalue weighted by Crippen LogP contribution is -2.30. The van der Waals surface area contributed by atoms with Gasteiger partial charge in [0.15, 0.2) is 6.10 Å². The van der Waals surface area contributed by atoms with Crippen molar-refractivity contribution in [3.05, 3.63) is 0 Å². The highest BCUT2D eigenvalue weighted by atomic mass is 16.6. The summed E-state index contributed by atoms with van der Waals surface area (Å²) in [6, 6.07) is 0. The van der Waals surface area contributed by atoms with Crippen LogP contribution in [0, 0.1) is 5.92 Å². The average Bonchev–Trinajstić information content (AvgIpc) is 3.27. The molecule has 0 aromatic carbocycles. The fraction of sp³-hybridized carbons (Fsp3) is 0.946. The molecule has 0 rings (SSSR count). The number of hydrogen-bond donors (Lipinski definition) is 0. The topological polar surface area (TPSA) is 78.9 Å². The second kappa shape index (κ2) is 50.4. The molecule has 0 aliphatic rings. The largest absolute Gasteiger partial charge is 0.462 e. The zero-order valence-corrected chi connectivity index (χ0v) is 42.3. The number of carbonyl (C=O) groups excluding carboxylic acids is 3. The molecule has 0 aliphatic carbocycles. The fourth-order valence-corrected chi connectivity index (χ4v) is 8.54. The molecular weight excluding hydrogens is 769 g/mol. The van der Waals surface area contributed by atoms with Crippen LogP contribution in [0.1, 0.15) is 317 Å². The Labute approximate surface area is 387 Å². The lowest BCUT2D eigenvalue weighted by Gasteiger charge is -2.18. The summed E-state index contributed by atoms with van der Waals surface area (Å²) in [5, 5.41) is 0. The van der Waals surface area contributed by atoms with Crippen LogP contribution in [0.15, 0.2) is 0 Å². The second-order valence-corrected chi connectivity index (χ2v) is 19.5. The molecule has 368 valence electrons. The van der Waals surface area contributed by atoms with Crippen LogP contribution in [0.5, 0.6) is 0 Å². The van der Waals surface area contributed by atoms with Gasteiger partial charge in [-0.15, -0.1) is 0 Å². The van der Waals surface area contributed by atoms with Gasteiger partial charge in [0.1, 0.15) is 13.2 Å². The van der Waals surface area contributed by atoms with Crippen molar-refractivity contribution in [3.63, 3.8) is 0 Å². The van der Waals surface area contributed by atoms with Crippen molar-refractivity contribution in [1.82, 2.24) is 0 Å². The van der Waals surface area contributed by atoms with Gasteiger partial charge in [0.05, 0.1) is 0 Å². The summed E-state index contributed by atoms with van der Waals surface area (Å²) in [6.07, 6.45) is 53.7. The summed E-state index contributed by atoms with van der Waals surface area (Å²) in [6.45, 7) is 9.05. The first-order valence-electron chi connectivity index (χ1n) is 27.9. The second-order valence-electron chi connectivity index (χ2n) is 19.5. The normalized spacial score (nSPS) is 12.4. The van der Waals surface area contributed by atoms with Crippen molar-refractivity contribution in [3.8, 4) is 0 Å². The maximum Gasteiger partial charge on any atom is 0.306 e. The van der Waals surface area contributed by atoms with E-state index < -0.39 is 6.10 Å². The Morgan fingerprint density at radius 1 is 0.323 bits per heavy atom. The molecule has 1 unspecified atom stereocenters. The molecule has 0 N–H and O–H groups in total. The number of ether oxygens (including phenoxy) is 3. The first kappa shape index (κ1) is 60.4. The van der Waals surface area contributed by atoms with Gasteiger partial charge in [0, 0.05) is 19.3 Å². The molecule has 6 heteroatoms. The summed E-state index contributed by atoms with van der Waals surface area (Å²) in [5.74, 6) is 0.00747. The van der Waals surface area contributed by atoms with Gasteiger partial charge in [-0.2, -0.15) is 0 Å². The van der Waals surface area contributed by atoms with E-state index in [4.69, 9.17) is 14.2 Å². The molecule has 6 nitrogen and oxygen atoms in total. The van der Waals surface area contributed by atoms with Crippen molar-refractivity contribution >= 4 is 17.9 Å². The molecule has 0 saturated carbocycles. The van der Waals surface area contributed by atoms with E-state index in [2.05, 4.69) is 27.7 Å². The highest BCUT2D eigenvalue weighted by molar-refractivity contribution is 5.71. The highest BCUT2D eigenvalue weighted by Crippen LogP contribution is 2.18. The Morgan fingerprint density at radius 2 is 0.565 bits per heavy atom. The Balaban J connectivity index is 4.28. The standard InChI is InChI=1S/C56H108O6/c1-5-8-10-12-14-16-18-20-22-23-24-25-27-28-30-35-39-43-47-54(57)60-50-53(51-61-55(58)48-44-40-36-33-32-34-38-42-46-52(4)7-3)62-56(59)49-45-41-37-31-29-26-21-19-17-15-13-11-9-6-2/h52-53H,5-51H2,1-4H3/t52?,53-/m1/s1. The van der Waals surface area contributed by atoms with Crippen molar-refractivity contribution in [1.29, 1.82) is 0 Å². The molecule has 0 aliphatic heterocycles. The first-order chi connectivity index (χ1) is 30.4. The van der Waals surface area contributed by atoms with Gasteiger partial charge in [-0.3, -0.25) is 14.4 Å². The summed E-state index contributed by atoms with van der Waals surface area (Å²) in [7, 11) is 0. The Kier molecular flexibility index (Phi) is 49.1. The summed E-state index contributed by atoms with van der Waals surface area (Å²) >= 11 is 0. The molecule has 0 saturated heterocycles. The lowest BCUT2D eigenvalue weighted by atomic mass is 9.99. The number of unbranched alkanes of at least 4 members (excludes halogenated alkanes) is 37. The maximum absolute atomic E-state index is 12.8. The quantitative estimate of drug-likeness (QED) is 0.0344. The third kappa shape index (κ3) is 47.9. The Bertz CT molecular complexity index is 935. The molecule has 0 aromatic heterocycles. The highest BCUT2D eigenvalue weighted by Gasteiger charge is 2.19. The molecular formula is C56H108O6. The monoisotopic (exact) mass is 877 g/mol. The molecule has 0 bridgehead atoms. The zero-order chi connectivity index (χ0) is 45.2. The van der Waals surface area contributed by atoms with Crippen LogP contribution in [0.2, 0.25) is 0 Å². The van der Waals surface area contributed by atoms with Crippen LogP contribution >= 0.6 is 0 Å². The molecule has 0 amide bonds. The minimum absolute atomic E-state index is 0.0625. The van der Waals surface area contributed by atoms with Crippen LogP contribution in [0.4, 0.5) is 0 Å². The summed E-state index contributed by atoms with van der Waals surface area (Å²) < 4.78 is 16.9. The molecule has 0 radical (unpaired) electrons. The van der Waals surface area contributed by atoms with E-state index in [1.165, 1.54) is 212 Å². The van der Waals surface area contributed by atoms with Gasteiger partial charge in [-0.1, -0.05) is 278 Å². The third-order valence-corrected chi connectivity index (χ3v) is 13.2.